The van der Waals surface area contributed by atoms with E-state index < -0.39 is 0 Å². The standard InChI is InChI=1S/C8H12N2O2.K.H/c1-3-6-5-7(10-9-6)12-8(11)4-2;;/h5H,3-4H2,1-2H3,(H,9,10);;. The van der Waals surface area contributed by atoms with Crippen LogP contribution < -0.4 is 4.74 Å². The fourth-order valence-corrected chi connectivity index (χ4v) is 0.771. The van der Waals surface area contributed by atoms with Crippen LogP contribution in [0.1, 0.15) is 26.0 Å². The number of ether oxygens (including phenoxy) is 1. The van der Waals surface area contributed by atoms with E-state index in [1.165, 1.54) is 0 Å². The number of hydrogen-bond donors (Lipinski definition) is 1. The fraction of sp³-hybridized carbons (Fsp3) is 0.500. The average molecular weight is 208 g/mol. The van der Waals surface area contributed by atoms with Crippen LogP contribution in [0.5, 0.6) is 5.88 Å². The molecule has 0 bridgehead atoms. The third-order valence-corrected chi connectivity index (χ3v) is 1.48. The Balaban J connectivity index is 0.00000144. The first-order chi connectivity index (χ1) is 5.76. The molecule has 13 heavy (non-hydrogen) atoms. The van der Waals surface area contributed by atoms with E-state index in [0.29, 0.717) is 12.3 Å². The van der Waals surface area contributed by atoms with Crippen molar-refractivity contribution in [3.05, 3.63) is 11.8 Å². The molecule has 0 aromatic carbocycles. The van der Waals surface area contributed by atoms with Crippen LogP contribution in [0.25, 0.3) is 0 Å². The van der Waals surface area contributed by atoms with E-state index in [-0.39, 0.29) is 57.4 Å². The van der Waals surface area contributed by atoms with Gasteiger partial charge in [-0.25, -0.2) is 5.10 Å². The third-order valence-electron chi connectivity index (χ3n) is 1.48. The molecule has 0 atom stereocenters. The molecule has 0 aliphatic carbocycles. The van der Waals surface area contributed by atoms with E-state index in [1.54, 1.807) is 13.0 Å². The summed E-state index contributed by atoms with van der Waals surface area (Å²) in [6.45, 7) is 3.74. The Labute approximate surface area is 120 Å². The van der Waals surface area contributed by atoms with Gasteiger partial charge in [-0.1, -0.05) is 13.8 Å². The number of carbonyl (C=O) groups is 1. The van der Waals surface area contributed by atoms with Gasteiger partial charge in [0.1, 0.15) is 0 Å². The van der Waals surface area contributed by atoms with Crippen LogP contribution >= 0.6 is 0 Å². The summed E-state index contributed by atoms with van der Waals surface area (Å²) in [6, 6.07) is 1.73. The number of carbonyl (C=O) groups excluding carboxylic acids is 1. The molecule has 0 spiro atoms. The first-order valence-corrected chi connectivity index (χ1v) is 4.01. The Hall–Kier alpha value is 0.316. The molecule has 5 heteroatoms. The van der Waals surface area contributed by atoms with Gasteiger partial charge in [-0.2, -0.15) is 5.10 Å². The van der Waals surface area contributed by atoms with Gasteiger partial charge in [-0.05, 0) is 6.42 Å². The van der Waals surface area contributed by atoms with Crippen molar-refractivity contribution in [2.75, 3.05) is 0 Å². The van der Waals surface area contributed by atoms with Crippen molar-refractivity contribution in [1.29, 1.82) is 0 Å². The van der Waals surface area contributed by atoms with E-state index in [9.17, 15) is 4.79 Å². The summed E-state index contributed by atoms with van der Waals surface area (Å²) in [7, 11) is 0. The SMILES string of the molecule is CCC(=O)Oc1cc(CC)n[nH]1.[KH]. The van der Waals surface area contributed by atoms with Gasteiger partial charge < -0.3 is 4.74 Å². The molecule has 1 aromatic rings. The molecule has 4 nitrogen and oxygen atoms in total. The maximum atomic E-state index is 10.8. The zero-order chi connectivity index (χ0) is 8.97. The van der Waals surface area contributed by atoms with Crippen molar-refractivity contribution in [3.63, 3.8) is 0 Å². The quantitative estimate of drug-likeness (QED) is 0.586. The number of H-pyrrole nitrogens is 1. The third kappa shape index (κ3) is 4.37. The summed E-state index contributed by atoms with van der Waals surface area (Å²) in [6.07, 6.45) is 1.21. The van der Waals surface area contributed by atoms with Crippen molar-refractivity contribution in [2.45, 2.75) is 26.7 Å². The Kier molecular flexibility index (Phi) is 6.89. The first kappa shape index (κ1) is 13.3. The Morgan fingerprint density at radius 3 is 2.77 bits per heavy atom. The van der Waals surface area contributed by atoms with E-state index in [1.807, 2.05) is 6.92 Å². The van der Waals surface area contributed by atoms with Gasteiger partial charge >= 0.3 is 57.4 Å². The fourth-order valence-electron chi connectivity index (χ4n) is 0.771. The Morgan fingerprint density at radius 2 is 2.31 bits per heavy atom. The van der Waals surface area contributed by atoms with Gasteiger partial charge in [0.15, 0.2) is 0 Å². The van der Waals surface area contributed by atoms with Gasteiger partial charge in [-0.15, -0.1) is 0 Å². The van der Waals surface area contributed by atoms with Gasteiger partial charge in [0, 0.05) is 12.5 Å². The number of esters is 1. The van der Waals surface area contributed by atoms with Gasteiger partial charge in [0.2, 0.25) is 5.88 Å². The van der Waals surface area contributed by atoms with Crippen LogP contribution in [-0.2, 0) is 11.2 Å². The molecule has 0 saturated heterocycles. The second-order valence-electron chi connectivity index (χ2n) is 2.40. The molecule has 0 fully saturated rings. The molecule has 0 aliphatic heterocycles. The van der Waals surface area contributed by atoms with Crippen molar-refractivity contribution >= 4 is 57.4 Å². The van der Waals surface area contributed by atoms with E-state index >= 15 is 0 Å². The summed E-state index contributed by atoms with van der Waals surface area (Å²) in [4.78, 5) is 10.8. The molecule has 0 radical (unpaired) electrons. The van der Waals surface area contributed by atoms with Crippen molar-refractivity contribution in [3.8, 4) is 5.88 Å². The monoisotopic (exact) mass is 208 g/mol. The van der Waals surface area contributed by atoms with Crippen LogP contribution in [0.4, 0.5) is 0 Å². The number of hydrogen-bond acceptors (Lipinski definition) is 3. The number of nitrogens with one attached hydrogen (secondary N) is 1. The zero-order valence-electron chi connectivity index (χ0n) is 7.26. The molecule has 0 unspecified atom stereocenters. The molecular weight excluding hydrogens is 195 g/mol. The second-order valence-corrected chi connectivity index (χ2v) is 2.40. The second kappa shape index (κ2) is 6.72. The van der Waals surface area contributed by atoms with Gasteiger partial charge in [-0.3, -0.25) is 4.79 Å². The van der Waals surface area contributed by atoms with Crippen LogP contribution in [0.15, 0.2) is 6.07 Å². The number of aromatic nitrogens is 2. The summed E-state index contributed by atoms with van der Waals surface area (Å²) < 4.78 is 4.89. The number of rotatable bonds is 3. The van der Waals surface area contributed by atoms with Crippen molar-refractivity contribution in [1.82, 2.24) is 10.2 Å². The molecule has 0 amide bonds. The van der Waals surface area contributed by atoms with Crippen molar-refractivity contribution in [2.24, 2.45) is 0 Å². The summed E-state index contributed by atoms with van der Waals surface area (Å²) in [5.74, 6) is 0.181. The molecule has 0 saturated carbocycles. The van der Waals surface area contributed by atoms with Gasteiger partial charge in [0.05, 0.1) is 5.69 Å². The minimum absolute atomic E-state index is 0. The van der Waals surface area contributed by atoms with E-state index in [4.69, 9.17) is 4.74 Å². The molecule has 68 valence electrons. The van der Waals surface area contributed by atoms with Crippen molar-refractivity contribution < 1.29 is 9.53 Å². The molecular formula is C8H13KN2O2. The van der Waals surface area contributed by atoms with Crippen LogP contribution in [0.2, 0.25) is 0 Å². The van der Waals surface area contributed by atoms with E-state index in [0.717, 1.165) is 12.1 Å². The predicted molar refractivity (Wildman–Crippen MR) is 51.0 cm³/mol. The molecule has 1 heterocycles. The first-order valence-electron chi connectivity index (χ1n) is 4.01. The zero-order valence-corrected chi connectivity index (χ0v) is 7.26. The number of aryl methyl sites for hydroxylation is 1. The normalized spacial score (nSPS) is 9.08. The Bertz CT molecular complexity index is 273. The van der Waals surface area contributed by atoms with Crippen LogP contribution in [0, 0.1) is 0 Å². The average Bonchev–Trinajstić information content (AvgIpc) is 2.52. The predicted octanol–water partition coefficient (Wildman–Crippen LogP) is 0.639. The maximum absolute atomic E-state index is 10.8. The van der Waals surface area contributed by atoms with E-state index in [2.05, 4.69) is 10.2 Å². The van der Waals surface area contributed by atoms with Gasteiger partial charge in [0.25, 0.3) is 0 Å². The van der Waals surface area contributed by atoms with Crippen LogP contribution in [-0.4, -0.2) is 67.6 Å². The summed E-state index contributed by atoms with van der Waals surface area (Å²) in [5, 5.41) is 6.55. The summed E-state index contributed by atoms with van der Waals surface area (Å²) >= 11 is 0. The summed E-state index contributed by atoms with van der Waals surface area (Å²) in [5.41, 5.74) is 0.897. The topological polar surface area (TPSA) is 55.0 Å². The molecule has 0 aliphatic rings. The number of nitrogens with zero attached hydrogens (tertiary/aromatic N) is 1. The molecule has 1 rings (SSSR count). The minimum atomic E-state index is -0.249. The Morgan fingerprint density at radius 1 is 1.62 bits per heavy atom. The number of aromatic amines is 1. The molecule has 1 aromatic heterocycles. The van der Waals surface area contributed by atoms with Crippen LogP contribution in [0.3, 0.4) is 0 Å². The molecule has 1 N–H and O–H groups in total.